The molecule has 0 heterocycles. The first-order valence-corrected chi connectivity index (χ1v) is 7.79. The Morgan fingerprint density at radius 3 is 1.24 bits per heavy atom. The van der Waals surface area contributed by atoms with Gasteiger partial charge < -0.3 is 68.6 Å². The molecule has 0 aliphatic carbocycles. The standard InChI is InChI=1S/2C6H12O2S2.Ni/c2*1-5(2)7-3-4-8-6(9)10;/h2*5H,3-4H2,1-2H3,(H,9,10);/q;;+2/p-2. The average molecular weight is 417 g/mol. The van der Waals surface area contributed by atoms with E-state index in [1.54, 1.807) is 0 Å². The minimum Gasteiger partial charge on any atom is -0.511 e. The van der Waals surface area contributed by atoms with Crippen molar-refractivity contribution in [2.75, 3.05) is 26.4 Å². The first-order chi connectivity index (χ1) is 9.25. The van der Waals surface area contributed by atoms with Crippen LogP contribution in [0.5, 0.6) is 0 Å². The zero-order chi connectivity index (χ0) is 16.0. The van der Waals surface area contributed by atoms with E-state index >= 15 is 0 Å². The van der Waals surface area contributed by atoms with Crippen LogP contribution < -0.4 is 0 Å². The van der Waals surface area contributed by atoms with E-state index in [1.807, 2.05) is 27.7 Å². The Bertz CT molecular complexity index is 240. The maximum absolute atomic E-state index is 5.16. The van der Waals surface area contributed by atoms with Crippen LogP contribution in [0.25, 0.3) is 0 Å². The molecule has 0 aliphatic rings. The quantitative estimate of drug-likeness (QED) is 0.258. The molecule has 0 saturated carbocycles. The van der Waals surface area contributed by atoms with Crippen LogP contribution in [0.15, 0.2) is 0 Å². The molecule has 0 aromatic heterocycles. The first-order valence-electron chi connectivity index (χ1n) is 6.16. The van der Waals surface area contributed by atoms with Gasteiger partial charge in [-0.15, -0.1) is 0 Å². The van der Waals surface area contributed by atoms with Crippen LogP contribution in [0.3, 0.4) is 0 Å². The van der Waals surface area contributed by atoms with Gasteiger partial charge in [0, 0.05) is 8.77 Å². The van der Waals surface area contributed by atoms with Crippen molar-refractivity contribution in [1.82, 2.24) is 0 Å². The predicted molar refractivity (Wildman–Crippen MR) is 94.0 cm³/mol. The van der Waals surface area contributed by atoms with Gasteiger partial charge in [0.05, 0.1) is 25.4 Å². The first kappa shape index (κ1) is 26.5. The fraction of sp³-hybridized carbons (Fsp3) is 0.833. The van der Waals surface area contributed by atoms with Crippen LogP contribution in [0.4, 0.5) is 0 Å². The third-order valence-electron chi connectivity index (χ3n) is 1.51. The van der Waals surface area contributed by atoms with Crippen LogP contribution in [0.2, 0.25) is 0 Å². The largest absolute Gasteiger partial charge is 2.00 e. The molecule has 0 spiro atoms. The molecule has 0 radical (unpaired) electrons. The van der Waals surface area contributed by atoms with E-state index < -0.39 is 0 Å². The second kappa shape index (κ2) is 18.7. The average Bonchev–Trinajstić information content (AvgIpc) is 2.30. The molecule has 0 unspecified atom stereocenters. The zero-order valence-corrected chi connectivity index (χ0v) is 16.8. The van der Waals surface area contributed by atoms with Gasteiger partial charge in [0.15, 0.2) is 0 Å². The molecule has 0 amide bonds. The zero-order valence-electron chi connectivity index (χ0n) is 12.6. The number of hydrogen-bond acceptors (Lipinski definition) is 8. The summed E-state index contributed by atoms with van der Waals surface area (Å²) in [4.78, 5) is 0. The van der Waals surface area contributed by atoms with Crippen molar-refractivity contribution in [2.24, 2.45) is 0 Å². The fourth-order valence-corrected chi connectivity index (χ4v) is 1.15. The molecule has 9 heteroatoms. The molecular formula is C12H22NiO4S4. The van der Waals surface area contributed by atoms with E-state index in [-0.39, 0.29) is 37.5 Å². The summed E-state index contributed by atoms with van der Waals surface area (Å²) in [5, 5.41) is 0. The molecule has 0 aromatic rings. The van der Waals surface area contributed by atoms with E-state index in [1.165, 1.54) is 0 Å². The Hall–Kier alpha value is 0.634. The van der Waals surface area contributed by atoms with Crippen LogP contribution in [-0.2, 0) is 60.7 Å². The Balaban J connectivity index is -0.000000295. The number of thiocarbonyl (C=S) groups is 2. The maximum atomic E-state index is 5.16. The second-order valence-electron chi connectivity index (χ2n) is 4.04. The smallest absolute Gasteiger partial charge is 0.511 e. The molecule has 0 rings (SSSR count). The van der Waals surface area contributed by atoms with Crippen molar-refractivity contribution < 1.29 is 35.4 Å². The van der Waals surface area contributed by atoms with Crippen molar-refractivity contribution in [2.45, 2.75) is 39.9 Å². The molecule has 0 N–H and O–H groups in total. The third-order valence-corrected chi connectivity index (χ3v) is 1.98. The van der Waals surface area contributed by atoms with E-state index in [0.29, 0.717) is 26.4 Å². The molecule has 0 saturated heterocycles. The minimum absolute atomic E-state index is 0. The van der Waals surface area contributed by atoms with Crippen LogP contribution >= 0.6 is 24.4 Å². The normalized spacial score (nSPS) is 9.43. The van der Waals surface area contributed by atoms with Gasteiger partial charge >= 0.3 is 16.5 Å². The molecule has 128 valence electrons. The van der Waals surface area contributed by atoms with Crippen molar-refractivity contribution in [3.63, 3.8) is 0 Å². The summed E-state index contributed by atoms with van der Waals surface area (Å²) in [5.74, 6) is 0. The van der Waals surface area contributed by atoms with E-state index in [0.717, 1.165) is 0 Å². The molecule has 0 atom stereocenters. The van der Waals surface area contributed by atoms with Crippen LogP contribution in [0, 0.1) is 0 Å². The van der Waals surface area contributed by atoms with Gasteiger partial charge in [-0.25, -0.2) is 0 Å². The Labute approximate surface area is 159 Å². The van der Waals surface area contributed by atoms with E-state index in [2.05, 4.69) is 49.7 Å². The Morgan fingerprint density at radius 1 is 0.762 bits per heavy atom. The monoisotopic (exact) mass is 416 g/mol. The summed E-state index contributed by atoms with van der Waals surface area (Å²) in [6.07, 6.45) is 0.476. The number of hydrogen-bond donors (Lipinski definition) is 0. The van der Waals surface area contributed by atoms with E-state index in [9.17, 15) is 0 Å². The molecule has 0 bridgehead atoms. The van der Waals surface area contributed by atoms with Crippen molar-refractivity contribution in [1.29, 1.82) is 0 Å². The summed E-state index contributed by atoms with van der Waals surface area (Å²) < 4.78 is 20.3. The molecule has 0 fully saturated rings. The summed E-state index contributed by atoms with van der Waals surface area (Å²) in [6, 6.07) is 0. The van der Waals surface area contributed by atoms with Gasteiger partial charge in [-0.1, -0.05) is 0 Å². The van der Waals surface area contributed by atoms with Gasteiger partial charge in [0.2, 0.25) is 0 Å². The van der Waals surface area contributed by atoms with Crippen LogP contribution in [-0.4, -0.2) is 47.4 Å². The van der Waals surface area contributed by atoms with Crippen molar-refractivity contribution in [3.05, 3.63) is 0 Å². The fourth-order valence-electron chi connectivity index (χ4n) is 0.818. The summed E-state index contributed by atoms with van der Waals surface area (Å²) in [7, 11) is 0. The second-order valence-corrected chi connectivity index (χ2v) is 6.04. The van der Waals surface area contributed by atoms with Crippen LogP contribution in [0.1, 0.15) is 27.7 Å². The van der Waals surface area contributed by atoms with Gasteiger partial charge in [0.25, 0.3) is 0 Å². The Kier molecular flexibility index (Phi) is 23.6. The maximum Gasteiger partial charge on any atom is 2.00 e. The molecular weight excluding hydrogens is 395 g/mol. The van der Waals surface area contributed by atoms with Crippen molar-refractivity contribution >= 4 is 58.5 Å². The molecule has 4 nitrogen and oxygen atoms in total. The molecule has 21 heavy (non-hydrogen) atoms. The summed E-state index contributed by atoms with van der Waals surface area (Å²) in [6.45, 7) is 9.87. The summed E-state index contributed by atoms with van der Waals surface area (Å²) >= 11 is 18.0. The van der Waals surface area contributed by atoms with Gasteiger partial charge in [-0.05, 0) is 27.7 Å². The van der Waals surface area contributed by atoms with Gasteiger partial charge in [0.1, 0.15) is 13.2 Å². The van der Waals surface area contributed by atoms with Gasteiger partial charge in [-0.2, -0.15) is 0 Å². The number of ether oxygens (including phenoxy) is 4. The SMILES string of the molecule is CC(C)OCCOC(=S)[S-].CC(C)OCCOC(=S)[S-].[Ni+2]. The van der Waals surface area contributed by atoms with Gasteiger partial charge in [-0.3, -0.25) is 0 Å². The molecule has 0 aromatic carbocycles. The third kappa shape index (κ3) is 33.5. The Morgan fingerprint density at radius 2 is 1.05 bits per heavy atom. The minimum atomic E-state index is 0. The molecule has 0 aliphatic heterocycles. The summed E-state index contributed by atoms with van der Waals surface area (Å²) in [5.41, 5.74) is 0. The number of rotatable bonds is 8. The topological polar surface area (TPSA) is 36.9 Å². The predicted octanol–water partition coefficient (Wildman–Crippen LogP) is 2.52. The van der Waals surface area contributed by atoms with Crippen molar-refractivity contribution in [3.8, 4) is 0 Å². The van der Waals surface area contributed by atoms with E-state index in [4.69, 9.17) is 18.9 Å².